The van der Waals surface area contributed by atoms with Gasteiger partial charge in [-0.2, -0.15) is 0 Å². The van der Waals surface area contributed by atoms with E-state index in [0.717, 1.165) is 6.42 Å². The monoisotopic (exact) mass is 185 g/mol. The summed E-state index contributed by atoms with van der Waals surface area (Å²) in [7, 11) is 0. The number of hydrogen-bond acceptors (Lipinski definition) is 2. The van der Waals surface area contributed by atoms with Crippen LogP contribution in [-0.2, 0) is 9.59 Å². The number of nitrogens with one attached hydrogen (secondary N) is 1. The minimum Gasteiger partial charge on any atom is -0.481 e. The molecule has 0 aromatic carbocycles. The highest BCUT2D eigenvalue weighted by molar-refractivity contribution is 5.68. The molecule has 0 spiro atoms. The molecule has 4 heteroatoms. The maximum absolute atomic E-state index is 10.5. The number of aliphatic carboxylic acids is 1. The first-order valence-electron chi connectivity index (χ1n) is 4.39. The zero-order chi connectivity index (χ0) is 10.1. The number of rotatable bonds is 5. The standard InChI is InChI=1S/C9H15NO3/c1-9(2)4-6(9)7(10-5-11)3-8(12)13/h5-7H,3-4H2,1-2H3,(H,10,11)(H,12,13). The summed E-state index contributed by atoms with van der Waals surface area (Å²) in [4.78, 5) is 20.7. The van der Waals surface area contributed by atoms with Crippen molar-refractivity contribution in [1.29, 1.82) is 0 Å². The van der Waals surface area contributed by atoms with Crippen LogP contribution in [0.5, 0.6) is 0 Å². The molecular formula is C9H15NO3. The van der Waals surface area contributed by atoms with Gasteiger partial charge in [-0.15, -0.1) is 0 Å². The minimum atomic E-state index is -0.859. The maximum Gasteiger partial charge on any atom is 0.305 e. The molecule has 4 nitrogen and oxygen atoms in total. The molecule has 1 rings (SSSR count). The Kier molecular flexibility index (Phi) is 2.59. The van der Waals surface area contributed by atoms with Crippen LogP contribution >= 0.6 is 0 Å². The van der Waals surface area contributed by atoms with Crippen LogP contribution < -0.4 is 5.32 Å². The summed E-state index contributed by atoms with van der Waals surface area (Å²) in [5, 5.41) is 11.2. The number of amides is 1. The van der Waals surface area contributed by atoms with Crippen LogP contribution in [0.3, 0.4) is 0 Å². The van der Waals surface area contributed by atoms with E-state index in [1.54, 1.807) is 0 Å². The average Bonchev–Trinajstić information content (AvgIpc) is 2.58. The highest BCUT2D eigenvalue weighted by Crippen LogP contribution is 2.54. The van der Waals surface area contributed by atoms with Crippen molar-refractivity contribution in [2.75, 3.05) is 0 Å². The second-order valence-electron chi connectivity index (χ2n) is 4.29. The molecule has 0 radical (unpaired) electrons. The predicted octanol–water partition coefficient (Wildman–Crippen LogP) is 0.622. The predicted molar refractivity (Wildman–Crippen MR) is 47.1 cm³/mol. The van der Waals surface area contributed by atoms with Gasteiger partial charge < -0.3 is 10.4 Å². The first kappa shape index (κ1) is 10.0. The third kappa shape index (κ3) is 2.44. The Morgan fingerprint density at radius 2 is 2.31 bits per heavy atom. The van der Waals surface area contributed by atoms with E-state index >= 15 is 0 Å². The molecule has 1 aliphatic carbocycles. The molecule has 1 amide bonds. The lowest BCUT2D eigenvalue weighted by molar-refractivity contribution is -0.137. The van der Waals surface area contributed by atoms with Crippen molar-refractivity contribution in [3.63, 3.8) is 0 Å². The minimum absolute atomic E-state index is 0.0207. The van der Waals surface area contributed by atoms with E-state index in [1.165, 1.54) is 0 Å². The molecule has 1 aliphatic rings. The Bertz CT molecular complexity index is 225. The number of carboxylic acids is 1. The first-order chi connectivity index (χ1) is 5.97. The van der Waals surface area contributed by atoms with Crippen LogP contribution in [-0.4, -0.2) is 23.5 Å². The van der Waals surface area contributed by atoms with Gasteiger partial charge in [-0.25, -0.2) is 0 Å². The second kappa shape index (κ2) is 3.36. The van der Waals surface area contributed by atoms with Crippen molar-refractivity contribution in [2.45, 2.75) is 32.7 Å². The summed E-state index contributed by atoms with van der Waals surface area (Å²) in [5.74, 6) is -0.546. The third-order valence-electron chi connectivity index (χ3n) is 2.75. The van der Waals surface area contributed by atoms with E-state index in [2.05, 4.69) is 19.2 Å². The Hall–Kier alpha value is -1.06. The molecule has 0 saturated heterocycles. The maximum atomic E-state index is 10.5. The Balaban J connectivity index is 2.49. The molecule has 74 valence electrons. The molecule has 0 bridgehead atoms. The third-order valence-corrected chi connectivity index (χ3v) is 2.75. The van der Waals surface area contributed by atoms with Crippen molar-refractivity contribution in [2.24, 2.45) is 11.3 Å². The van der Waals surface area contributed by atoms with Gasteiger partial charge in [0.1, 0.15) is 0 Å². The van der Waals surface area contributed by atoms with Crippen LogP contribution in [0.25, 0.3) is 0 Å². The number of hydrogen-bond donors (Lipinski definition) is 2. The van der Waals surface area contributed by atoms with Crippen LogP contribution in [0, 0.1) is 11.3 Å². The van der Waals surface area contributed by atoms with Gasteiger partial charge in [0, 0.05) is 6.04 Å². The first-order valence-corrected chi connectivity index (χ1v) is 4.39. The molecule has 2 unspecified atom stereocenters. The van der Waals surface area contributed by atoms with Crippen LogP contribution in [0.1, 0.15) is 26.7 Å². The normalized spacial score (nSPS) is 26.2. The van der Waals surface area contributed by atoms with Crippen molar-refractivity contribution in [3.8, 4) is 0 Å². The Morgan fingerprint density at radius 3 is 2.62 bits per heavy atom. The zero-order valence-corrected chi connectivity index (χ0v) is 7.91. The van der Waals surface area contributed by atoms with Crippen LogP contribution in [0.2, 0.25) is 0 Å². The smallest absolute Gasteiger partial charge is 0.305 e. The molecular weight excluding hydrogens is 170 g/mol. The molecule has 13 heavy (non-hydrogen) atoms. The van der Waals surface area contributed by atoms with Gasteiger partial charge >= 0.3 is 5.97 Å². The summed E-state index contributed by atoms with van der Waals surface area (Å²) in [5.41, 5.74) is 0.191. The SMILES string of the molecule is CC1(C)CC1C(CC(=O)O)NC=O. The summed E-state index contributed by atoms with van der Waals surface area (Å²) < 4.78 is 0. The summed E-state index contributed by atoms with van der Waals surface area (Å²) in [6, 6.07) is -0.204. The molecule has 0 heterocycles. The highest BCUT2D eigenvalue weighted by atomic mass is 16.4. The highest BCUT2D eigenvalue weighted by Gasteiger charge is 2.50. The summed E-state index contributed by atoms with van der Waals surface area (Å²) in [6.45, 7) is 4.16. The Labute approximate surface area is 77.3 Å². The van der Waals surface area contributed by atoms with E-state index in [9.17, 15) is 9.59 Å². The molecule has 2 N–H and O–H groups in total. The van der Waals surface area contributed by atoms with E-state index < -0.39 is 5.97 Å². The quantitative estimate of drug-likeness (QED) is 0.617. The summed E-state index contributed by atoms with van der Waals surface area (Å²) in [6.07, 6.45) is 1.60. The number of carboxylic acid groups (broad SMARTS) is 1. The van der Waals surface area contributed by atoms with Crippen molar-refractivity contribution < 1.29 is 14.7 Å². The van der Waals surface area contributed by atoms with Gasteiger partial charge in [0.2, 0.25) is 6.41 Å². The van der Waals surface area contributed by atoms with Gasteiger partial charge in [-0.1, -0.05) is 13.8 Å². The van der Waals surface area contributed by atoms with Gasteiger partial charge in [-0.3, -0.25) is 9.59 Å². The lowest BCUT2D eigenvalue weighted by Gasteiger charge is -2.15. The molecule has 1 saturated carbocycles. The van der Waals surface area contributed by atoms with Crippen molar-refractivity contribution in [3.05, 3.63) is 0 Å². The fourth-order valence-electron chi connectivity index (χ4n) is 1.79. The second-order valence-corrected chi connectivity index (χ2v) is 4.29. The van der Waals surface area contributed by atoms with E-state index in [1.807, 2.05) is 0 Å². The topological polar surface area (TPSA) is 66.4 Å². The average molecular weight is 185 g/mol. The van der Waals surface area contributed by atoms with Gasteiger partial charge in [-0.05, 0) is 17.8 Å². The van der Waals surface area contributed by atoms with E-state index in [0.29, 0.717) is 12.3 Å². The van der Waals surface area contributed by atoms with E-state index in [4.69, 9.17) is 5.11 Å². The zero-order valence-electron chi connectivity index (χ0n) is 7.91. The van der Waals surface area contributed by atoms with E-state index in [-0.39, 0.29) is 17.9 Å². The summed E-state index contributed by atoms with van der Waals surface area (Å²) >= 11 is 0. The van der Waals surface area contributed by atoms with Gasteiger partial charge in [0.25, 0.3) is 0 Å². The molecule has 0 aromatic heterocycles. The van der Waals surface area contributed by atoms with Gasteiger partial charge in [0.05, 0.1) is 6.42 Å². The van der Waals surface area contributed by atoms with Gasteiger partial charge in [0.15, 0.2) is 0 Å². The van der Waals surface area contributed by atoms with Crippen LogP contribution in [0.4, 0.5) is 0 Å². The molecule has 0 aliphatic heterocycles. The lowest BCUT2D eigenvalue weighted by Crippen LogP contribution is -2.33. The van der Waals surface area contributed by atoms with Crippen molar-refractivity contribution >= 4 is 12.4 Å². The number of carbonyl (C=O) groups excluding carboxylic acids is 1. The largest absolute Gasteiger partial charge is 0.481 e. The van der Waals surface area contributed by atoms with Crippen molar-refractivity contribution in [1.82, 2.24) is 5.32 Å². The fraction of sp³-hybridized carbons (Fsp3) is 0.778. The number of carbonyl (C=O) groups is 2. The molecule has 0 aromatic rings. The van der Waals surface area contributed by atoms with Crippen LogP contribution in [0.15, 0.2) is 0 Å². The Morgan fingerprint density at radius 1 is 1.77 bits per heavy atom. The lowest BCUT2D eigenvalue weighted by atomic mass is 10.0. The molecule has 1 fully saturated rings. The molecule has 2 atom stereocenters. The fourth-order valence-corrected chi connectivity index (χ4v) is 1.79.